The molecule has 1 aromatic carbocycles. The maximum Gasteiger partial charge on any atom is 0.419 e. The third-order valence-corrected chi connectivity index (χ3v) is 4.86. The second-order valence-corrected chi connectivity index (χ2v) is 8.04. The Kier molecular flexibility index (Phi) is 5.92. The van der Waals surface area contributed by atoms with E-state index in [1.165, 1.54) is 11.7 Å². The number of nitrogens with zero attached hydrogens (tertiary/aromatic N) is 2. The highest BCUT2D eigenvalue weighted by molar-refractivity contribution is 6.00. The molecule has 2 aromatic heterocycles. The zero-order valence-electron chi connectivity index (χ0n) is 18.4. The number of aromatic nitrogens is 2. The van der Waals surface area contributed by atoms with Gasteiger partial charge in [0.25, 0.3) is 0 Å². The Morgan fingerprint density at radius 3 is 2.23 bits per heavy atom. The zero-order valence-corrected chi connectivity index (χ0v) is 18.4. The standard InChI is InChI=1S/C23H29N3O4/c1-7-25(8-2)16-11-9-15(10-12-16)19-13-17-20(14-18(24-17)21(27)29-6)26(19)22(28)30-23(3,4)5/h9-14,24H,7-8H2,1-6H3. The molecule has 0 fully saturated rings. The van der Waals surface area contributed by atoms with Crippen LogP contribution in [0.5, 0.6) is 0 Å². The van der Waals surface area contributed by atoms with E-state index < -0.39 is 17.7 Å². The summed E-state index contributed by atoms with van der Waals surface area (Å²) in [5, 5.41) is 0. The fourth-order valence-electron chi connectivity index (χ4n) is 3.45. The lowest BCUT2D eigenvalue weighted by Crippen LogP contribution is -2.27. The molecule has 0 aliphatic rings. The largest absolute Gasteiger partial charge is 0.464 e. The third-order valence-electron chi connectivity index (χ3n) is 4.86. The summed E-state index contributed by atoms with van der Waals surface area (Å²) in [6.45, 7) is 11.5. The van der Waals surface area contributed by atoms with Crippen molar-refractivity contribution < 1.29 is 19.1 Å². The van der Waals surface area contributed by atoms with Crippen LogP contribution in [-0.2, 0) is 9.47 Å². The number of aromatic amines is 1. The average Bonchev–Trinajstić information content (AvgIpc) is 3.25. The van der Waals surface area contributed by atoms with Gasteiger partial charge in [-0.25, -0.2) is 14.2 Å². The summed E-state index contributed by atoms with van der Waals surface area (Å²) < 4.78 is 11.9. The maximum atomic E-state index is 13.0. The van der Waals surface area contributed by atoms with E-state index in [0.29, 0.717) is 16.7 Å². The lowest BCUT2D eigenvalue weighted by Gasteiger charge is -2.22. The van der Waals surface area contributed by atoms with Crippen molar-refractivity contribution >= 4 is 28.8 Å². The van der Waals surface area contributed by atoms with Gasteiger partial charge in [0.2, 0.25) is 0 Å². The van der Waals surface area contributed by atoms with Gasteiger partial charge in [-0.05, 0) is 64.4 Å². The summed E-state index contributed by atoms with van der Waals surface area (Å²) in [6.07, 6.45) is -0.504. The Morgan fingerprint density at radius 1 is 1.07 bits per heavy atom. The molecule has 30 heavy (non-hydrogen) atoms. The number of anilines is 1. The quantitative estimate of drug-likeness (QED) is 0.595. The number of carbonyl (C=O) groups excluding carboxylic acids is 2. The molecule has 0 radical (unpaired) electrons. The third kappa shape index (κ3) is 4.20. The molecule has 0 spiro atoms. The highest BCUT2D eigenvalue weighted by atomic mass is 16.6. The van der Waals surface area contributed by atoms with E-state index in [4.69, 9.17) is 9.47 Å². The molecule has 0 atom stereocenters. The van der Waals surface area contributed by atoms with Gasteiger partial charge >= 0.3 is 12.1 Å². The number of hydrogen-bond donors (Lipinski definition) is 1. The first kappa shape index (κ1) is 21.5. The molecule has 3 aromatic rings. The summed E-state index contributed by atoms with van der Waals surface area (Å²) in [7, 11) is 1.32. The van der Waals surface area contributed by atoms with Crippen LogP contribution in [0.4, 0.5) is 10.5 Å². The average molecular weight is 412 g/mol. The monoisotopic (exact) mass is 411 g/mol. The molecular formula is C23H29N3O4. The number of carbonyl (C=O) groups is 2. The number of methoxy groups -OCH3 is 1. The molecule has 2 heterocycles. The molecule has 3 rings (SSSR count). The van der Waals surface area contributed by atoms with Crippen LogP contribution in [0.25, 0.3) is 22.3 Å². The smallest absolute Gasteiger partial charge is 0.419 e. The Bertz CT molecular complexity index is 1050. The minimum Gasteiger partial charge on any atom is -0.464 e. The molecule has 0 saturated carbocycles. The summed E-state index contributed by atoms with van der Waals surface area (Å²) in [4.78, 5) is 30.3. The van der Waals surface area contributed by atoms with Crippen LogP contribution >= 0.6 is 0 Å². The van der Waals surface area contributed by atoms with Crippen LogP contribution in [0.2, 0.25) is 0 Å². The van der Waals surface area contributed by atoms with Crippen LogP contribution < -0.4 is 4.90 Å². The molecule has 0 unspecified atom stereocenters. The Balaban J connectivity index is 2.11. The molecule has 0 saturated heterocycles. The number of benzene rings is 1. The molecule has 7 heteroatoms. The molecule has 0 aliphatic heterocycles. The van der Waals surface area contributed by atoms with Crippen molar-refractivity contribution in [2.45, 2.75) is 40.2 Å². The fourth-order valence-corrected chi connectivity index (χ4v) is 3.45. The first-order valence-corrected chi connectivity index (χ1v) is 10.1. The van der Waals surface area contributed by atoms with Crippen LogP contribution in [0.3, 0.4) is 0 Å². The first-order valence-electron chi connectivity index (χ1n) is 10.1. The second-order valence-electron chi connectivity index (χ2n) is 8.04. The number of hydrogen-bond acceptors (Lipinski definition) is 5. The lowest BCUT2D eigenvalue weighted by molar-refractivity contribution is 0.0544. The predicted molar refractivity (Wildman–Crippen MR) is 118 cm³/mol. The van der Waals surface area contributed by atoms with Gasteiger partial charge < -0.3 is 19.4 Å². The molecule has 0 bridgehead atoms. The number of fused-ring (bicyclic) bond motifs is 1. The SMILES string of the molecule is CCN(CC)c1ccc(-c2cc3[nH]c(C(=O)OC)cc3n2C(=O)OC(C)(C)C)cc1. The number of H-pyrrole nitrogens is 1. The minimum absolute atomic E-state index is 0.281. The maximum absolute atomic E-state index is 13.0. The van der Waals surface area contributed by atoms with Gasteiger partial charge in [-0.3, -0.25) is 0 Å². The lowest BCUT2D eigenvalue weighted by atomic mass is 10.1. The normalized spacial score (nSPS) is 11.5. The van der Waals surface area contributed by atoms with Gasteiger partial charge in [0.05, 0.1) is 23.8 Å². The number of esters is 1. The Hall–Kier alpha value is -3.22. The van der Waals surface area contributed by atoms with E-state index in [1.807, 2.05) is 51.1 Å². The van der Waals surface area contributed by atoms with Gasteiger partial charge in [-0.1, -0.05) is 12.1 Å². The van der Waals surface area contributed by atoms with Crippen molar-refractivity contribution in [3.05, 3.63) is 42.1 Å². The highest BCUT2D eigenvalue weighted by Gasteiger charge is 2.25. The van der Waals surface area contributed by atoms with Gasteiger partial charge in [0, 0.05) is 18.8 Å². The highest BCUT2D eigenvalue weighted by Crippen LogP contribution is 2.31. The van der Waals surface area contributed by atoms with E-state index in [9.17, 15) is 9.59 Å². The van der Waals surface area contributed by atoms with Crippen molar-refractivity contribution in [3.63, 3.8) is 0 Å². The van der Waals surface area contributed by atoms with Gasteiger partial charge in [0.15, 0.2) is 0 Å². The summed E-state index contributed by atoms with van der Waals surface area (Å²) >= 11 is 0. The first-order chi connectivity index (χ1) is 14.2. The van der Waals surface area contributed by atoms with Gasteiger partial charge in [-0.2, -0.15) is 0 Å². The van der Waals surface area contributed by atoms with Crippen LogP contribution in [0.15, 0.2) is 36.4 Å². The molecular weight excluding hydrogens is 382 g/mol. The Morgan fingerprint density at radius 2 is 1.70 bits per heavy atom. The number of rotatable bonds is 5. The Labute approximate surface area is 176 Å². The van der Waals surface area contributed by atoms with Gasteiger partial charge in [0.1, 0.15) is 11.3 Å². The zero-order chi connectivity index (χ0) is 22.1. The van der Waals surface area contributed by atoms with Crippen molar-refractivity contribution in [1.29, 1.82) is 0 Å². The summed E-state index contributed by atoms with van der Waals surface area (Å²) in [5.74, 6) is -0.493. The second kappa shape index (κ2) is 8.26. The molecule has 0 aliphatic carbocycles. The topological polar surface area (TPSA) is 76.6 Å². The van der Waals surface area contributed by atoms with E-state index in [1.54, 1.807) is 6.07 Å². The number of nitrogens with one attached hydrogen (secondary N) is 1. The molecule has 160 valence electrons. The van der Waals surface area contributed by atoms with E-state index in [0.717, 1.165) is 24.3 Å². The molecule has 0 amide bonds. The molecule has 7 nitrogen and oxygen atoms in total. The van der Waals surface area contributed by atoms with Crippen molar-refractivity contribution in [2.75, 3.05) is 25.1 Å². The van der Waals surface area contributed by atoms with E-state index in [-0.39, 0.29) is 5.69 Å². The van der Waals surface area contributed by atoms with E-state index in [2.05, 4.69) is 23.7 Å². The van der Waals surface area contributed by atoms with Gasteiger partial charge in [-0.15, -0.1) is 0 Å². The van der Waals surface area contributed by atoms with Crippen molar-refractivity contribution in [2.24, 2.45) is 0 Å². The van der Waals surface area contributed by atoms with Crippen molar-refractivity contribution in [1.82, 2.24) is 9.55 Å². The fraction of sp³-hybridized carbons (Fsp3) is 0.391. The summed E-state index contributed by atoms with van der Waals surface area (Å²) in [5.41, 5.74) is 3.53. The van der Waals surface area contributed by atoms with Crippen LogP contribution in [-0.4, -0.2) is 47.4 Å². The van der Waals surface area contributed by atoms with Crippen LogP contribution in [0.1, 0.15) is 45.1 Å². The minimum atomic E-state index is -0.654. The summed E-state index contributed by atoms with van der Waals surface area (Å²) in [6, 6.07) is 11.5. The molecule has 1 N–H and O–H groups in total. The predicted octanol–water partition coefficient (Wildman–Crippen LogP) is 5.05. The van der Waals surface area contributed by atoms with Crippen molar-refractivity contribution in [3.8, 4) is 11.3 Å². The van der Waals surface area contributed by atoms with Crippen LogP contribution in [0, 0.1) is 0 Å². The van der Waals surface area contributed by atoms with E-state index >= 15 is 0 Å². The number of ether oxygens (including phenoxy) is 2.